The Labute approximate surface area is 211 Å². The molecule has 0 saturated carbocycles. The highest BCUT2D eigenvalue weighted by Gasteiger charge is 2.39. The second-order valence-corrected chi connectivity index (χ2v) is 10.5. The van der Waals surface area contributed by atoms with Gasteiger partial charge in [0.1, 0.15) is 5.01 Å². The maximum atomic E-state index is 13.4. The fourth-order valence-corrected chi connectivity index (χ4v) is 6.55. The molecule has 0 aliphatic carbocycles. The first kappa shape index (κ1) is 24.8. The fourth-order valence-electron chi connectivity index (χ4n) is 5.55. The van der Waals surface area contributed by atoms with E-state index in [0.29, 0.717) is 33.3 Å². The highest BCUT2D eigenvalue weighted by Crippen LogP contribution is 2.39. The van der Waals surface area contributed by atoms with E-state index < -0.39 is 11.7 Å². The van der Waals surface area contributed by atoms with Gasteiger partial charge >= 0.3 is 6.18 Å². The van der Waals surface area contributed by atoms with Crippen LogP contribution in [-0.4, -0.2) is 48.1 Å². The molecule has 3 aromatic rings. The molecule has 10 heteroatoms. The van der Waals surface area contributed by atoms with Crippen molar-refractivity contribution in [1.82, 2.24) is 15.2 Å². The average molecular weight is 520 g/mol. The number of piperidine rings is 2. The SMILES string of the molecule is COc1ccc(C(=O)NC2CC3CCCC(C2)N3Cc2nc3c(C(F)(F)F)cccc3s2)cc1OC. The monoisotopic (exact) mass is 519 g/mol. The molecule has 192 valence electrons. The van der Waals surface area contributed by atoms with Crippen LogP contribution in [0, 0.1) is 0 Å². The molecular weight excluding hydrogens is 491 g/mol. The Morgan fingerprint density at radius 1 is 1.11 bits per heavy atom. The van der Waals surface area contributed by atoms with Crippen LogP contribution in [0.2, 0.25) is 0 Å². The van der Waals surface area contributed by atoms with Crippen LogP contribution >= 0.6 is 11.3 Å². The Kier molecular flexibility index (Phi) is 6.82. The quantitative estimate of drug-likeness (QED) is 0.456. The first-order valence-electron chi connectivity index (χ1n) is 12.0. The lowest BCUT2D eigenvalue weighted by Gasteiger charge is -2.48. The minimum Gasteiger partial charge on any atom is -0.493 e. The van der Waals surface area contributed by atoms with E-state index in [2.05, 4.69) is 15.2 Å². The standard InChI is InChI=1S/C26H28F3N3O3S/c1-34-20-10-9-15(11-21(20)35-2)25(33)30-16-12-17-5-3-6-18(13-16)32(17)14-23-31-24-19(26(27,28)29)7-4-8-22(24)36-23/h4,7-11,16-18H,3,5-6,12-14H2,1-2H3,(H,30,33). The number of ether oxygens (including phenoxy) is 2. The molecule has 1 aromatic heterocycles. The van der Waals surface area contributed by atoms with Crippen molar-refractivity contribution in [3.05, 3.63) is 52.5 Å². The smallest absolute Gasteiger partial charge is 0.418 e. The first-order valence-corrected chi connectivity index (χ1v) is 12.8. The van der Waals surface area contributed by atoms with Crippen LogP contribution in [0.1, 0.15) is 53.0 Å². The number of fused-ring (bicyclic) bond motifs is 3. The zero-order valence-electron chi connectivity index (χ0n) is 20.1. The molecule has 6 nitrogen and oxygen atoms in total. The Bertz CT molecular complexity index is 1250. The highest BCUT2D eigenvalue weighted by molar-refractivity contribution is 7.18. The summed E-state index contributed by atoms with van der Waals surface area (Å²) < 4.78 is 51.4. The second-order valence-electron chi connectivity index (χ2n) is 9.38. The largest absolute Gasteiger partial charge is 0.493 e. The summed E-state index contributed by atoms with van der Waals surface area (Å²) in [6, 6.07) is 9.87. The lowest BCUT2D eigenvalue weighted by molar-refractivity contribution is -0.136. The van der Waals surface area contributed by atoms with Gasteiger partial charge in [0.2, 0.25) is 0 Å². The molecule has 2 aromatic carbocycles. The van der Waals surface area contributed by atoms with Crippen molar-refractivity contribution in [3.8, 4) is 11.5 Å². The number of benzene rings is 2. The van der Waals surface area contributed by atoms with Gasteiger partial charge in [-0.25, -0.2) is 4.98 Å². The van der Waals surface area contributed by atoms with Crippen molar-refractivity contribution in [2.45, 2.75) is 63.0 Å². The number of nitrogens with zero attached hydrogens (tertiary/aromatic N) is 2. The maximum absolute atomic E-state index is 13.4. The first-order chi connectivity index (χ1) is 17.3. The number of alkyl halides is 3. The summed E-state index contributed by atoms with van der Waals surface area (Å²) in [5.41, 5.74) is -0.137. The molecule has 2 aliphatic rings. The van der Waals surface area contributed by atoms with Crippen LogP contribution in [0.5, 0.6) is 11.5 Å². The number of halogens is 3. The van der Waals surface area contributed by atoms with E-state index in [-0.39, 0.29) is 29.5 Å². The second kappa shape index (κ2) is 9.89. The van der Waals surface area contributed by atoms with Crippen molar-refractivity contribution >= 4 is 27.5 Å². The lowest BCUT2D eigenvalue weighted by atomic mass is 9.81. The molecule has 2 bridgehead atoms. The summed E-state index contributed by atoms with van der Waals surface area (Å²) in [5.74, 6) is 0.911. The number of thiazole rings is 1. The van der Waals surface area contributed by atoms with Crippen LogP contribution < -0.4 is 14.8 Å². The van der Waals surface area contributed by atoms with Gasteiger partial charge in [0.25, 0.3) is 5.91 Å². The maximum Gasteiger partial charge on any atom is 0.418 e. The predicted molar refractivity (Wildman–Crippen MR) is 132 cm³/mol. The number of nitrogens with one attached hydrogen (secondary N) is 1. The average Bonchev–Trinajstić information content (AvgIpc) is 3.25. The minimum absolute atomic E-state index is 0.0318. The molecule has 2 aliphatic heterocycles. The molecule has 1 N–H and O–H groups in total. The van der Waals surface area contributed by atoms with Crippen molar-refractivity contribution in [1.29, 1.82) is 0 Å². The van der Waals surface area contributed by atoms with E-state index in [1.54, 1.807) is 31.4 Å². The summed E-state index contributed by atoms with van der Waals surface area (Å²) in [7, 11) is 3.08. The number of hydrogen-bond donors (Lipinski definition) is 1. The molecule has 1 amide bonds. The van der Waals surface area contributed by atoms with Gasteiger partial charge in [0, 0.05) is 23.7 Å². The zero-order valence-corrected chi connectivity index (χ0v) is 20.9. The number of rotatable bonds is 6. The van der Waals surface area contributed by atoms with Crippen LogP contribution in [0.15, 0.2) is 36.4 Å². The third-order valence-electron chi connectivity index (χ3n) is 7.19. The summed E-state index contributed by atoms with van der Waals surface area (Å²) in [4.78, 5) is 19.7. The van der Waals surface area contributed by atoms with Gasteiger partial charge < -0.3 is 14.8 Å². The molecule has 5 rings (SSSR count). The Morgan fingerprint density at radius 3 is 2.50 bits per heavy atom. The summed E-state index contributed by atoms with van der Waals surface area (Å²) in [6.07, 6.45) is 0.282. The van der Waals surface area contributed by atoms with Gasteiger partial charge in [-0.2, -0.15) is 13.2 Å². The van der Waals surface area contributed by atoms with Gasteiger partial charge in [-0.1, -0.05) is 12.5 Å². The van der Waals surface area contributed by atoms with Gasteiger partial charge in [-0.3, -0.25) is 9.69 Å². The molecule has 2 fully saturated rings. The zero-order chi connectivity index (χ0) is 25.4. The van der Waals surface area contributed by atoms with Crippen molar-refractivity contribution in [2.75, 3.05) is 14.2 Å². The van der Waals surface area contributed by atoms with Gasteiger partial charge in [0.05, 0.1) is 36.5 Å². The number of carbonyl (C=O) groups is 1. The van der Waals surface area contributed by atoms with Crippen molar-refractivity contribution < 1.29 is 27.4 Å². The highest BCUT2D eigenvalue weighted by atomic mass is 32.1. The lowest BCUT2D eigenvalue weighted by Crippen LogP contribution is -2.56. The fraction of sp³-hybridized carbons (Fsp3) is 0.462. The molecule has 36 heavy (non-hydrogen) atoms. The molecule has 2 atom stereocenters. The topological polar surface area (TPSA) is 63.7 Å². The van der Waals surface area contributed by atoms with Crippen LogP contribution in [0.3, 0.4) is 0 Å². The van der Waals surface area contributed by atoms with E-state index >= 15 is 0 Å². The third kappa shape index (κ3) is 4.88. The van der Waals surface area contributed by atoms with Crippen LogP contribution in [0.4, 0.5) is 13.2 Å². The van der Waals surface area contributed by atoms with Gasteiger partial charge in [-0.15, -0.1) is 11.3 Å². The van der Waals surface area contributed by atoms with E-state index in [4.69, 9.17) is 9.47 Å². The molecule has 0 spiro atoms. The molecule has 2 saturated heterocycles. The van der Waals surface area contributed by atoms with Crippen molar-refractivity contribution in [2.24, 2.45) is 0 Å². The number of amides is 1. The normalized spacial score (nSPS) is 22.4. The van der Waals surface area contributed by atoms with E-state index in [1.165, 1.54) is 24.5 Å². The Hall–Kier alpha value is -2.85. The predicted octanol–water partition coefficient (Wildman–Crippen LogP) is 5.65. The molecule has 0 radical (unpaired) electrons. The van der Waals surface area contributed by atoms with Crippen LogP contribution in [-0.2, 0) is 12.7 Å². The number of methoxy groups -OCH3 is 2. The summed E-state index contributed by atoms with van der Waals surface area (Å²) >= 11 is 1.33. The number of para-hydroxylation sites is 1. The van der Waals surface area contributed by atoms with E-state index in [1.807, 2.05) is 0 Å². The molecule has 3 heterocycles. The molecular formula is C26H28F3N3O3S. The van der Waals surface area contributed by atoms with Crippen LogP contribution in [0.25, 0.3) is 10.2 Å². The van der Waals surface area contributed by atoms with Crippen molar-refractivity contribution in [3.63, 3.8) is 0 Å². The summed E-state index contributed by atoms with van der Waals surface area (Å²) in [6.45, 7) is 0.530. The van der Waals surface area contributed by atoms with Gasteiger partial charge in [0.15, 0.2) is 11.5 Å². The summed E-state index contributed by atoms with van der Waals surface area (Å²) in [5, 5.41) is 3.88. The Morgan fingerprint density at radius 2 is 1.83 bits per heavy atom. The third-order valence-corrected chi connectivity index (χ3v) is 8.20. The van der Waals surface area contributed by atoms with E-state index in [9.17, 15) is 18.0 Å². The van der Waals surface area contributed by atoms with Gasteiger partial charge in [-0.05, 0) is 56.0 Å². The van der Waals surface area contributed by atoms with E-state index in [0.717, 1.165) is 38.2 Å². The Balaban J connectivity index is 1.29. The minimum atomic E-state index is -4.42. The number of aromatic nitrogens is 1. The number of carbonyl (C=O) groups excluding carboxylic acids is 1. The number of hydrogen-bond acceptors (Lipinski definition) is 6. The molecule has 2 unspecified atom stereocenters.